The number of nitrogens with one attached hydrogen (secondary N) is 2. The van der Waals surface area contributed by atoms with Crippen molar-refractivity contribution in [3.05, 3.63) is 29.3 Å². The number of nitrogens with zero attached hydrogens (tertiary/aromatic N) is 1. The van der Waals surface area contributed by atoms with Crippen molar-refractivity contribution < 1.29 is 23.9 Å². The van der Waals surface area contributed by atoms with E-state index in [0.717, 1.165) is 16.8 Å². The van der Waals surface area contributed by atoms with Crippen molar-refractivity contribution in [1.29, 1.82) is 0 Å². The lowest BCUT2D eigenvalue weighted by Gasteiger charge is -2.55. The highest BCUT2D eigenvalue weighted by atomic mass is 16.5. The summed E-state index contributed by atoms with van der Waals surface area (Å²) in [6.45, 7) is 5.84. The van der Waals surface area contributed by atoms with Crippen molar-refractivity contribution in [2.24, 2.45) is 5.41 Å². The zero-order chi connectivity index (χ0) is 20.2. The molecule has 2 N–H and O–H groups in total. The second-order valence-corrected chi connectivity index (χ2v) is 7.98. The number of amides is 4. The van der Waals surface area contributed by atoms with Crippen molar-refractivity contribution in [3.8, 4) is 0 Å². The predicted octanol–water partition coefficient (Wildman–Crippen LogP) is 0.709. The molecule has 0 bridgehead atoms. The highest BCUT2D eigenvalue weighted by Crippen LogP contribution is 2.46. The molecule has 0 saturated carbocycles. The summed E-state index contributed by atoms with van der Waals surface area (Å²) in [6, 6.07) is 4.40. The number of ketones is 1. The molecule has 3 heterocycles. The Balaban J connectivity index is 1.87. The van der Waals surface area contributed by atoms with Crippen LogP contribution in [0, 0.1) is 5.41 Å². The maximum Gasteiger partial charge on any atom is 0.328 e. The highest BCUT2D eigenvalue weighted by Gasteiger charge is 2.62. The number of carbonyl (C=O) groups is 4. The predicted molar refractivity (Wildman–Crippen MR) is 99.8 cm³/mol. The fraction of sp³-hybridized carbons (Fsp3) is 0.500. The lowest BCUT2D eigenvalue weighted by molar-refractivity contribution is -0.153. The summed E-state index contributed by atoms with van der Waals surface area (Å²) in [7, 11) is 0. The average molecular weight is 385 g/mol. The van der Waals surface area contributed by atoms with Crippen molar-refractivity contribution >= 4 is 29.3 Å². The number of hydrogen-bond acceptors (Lipinski definition) is 6. The third-order valence-corrected chi connectivity index (χ3v) is 5.83. The summed E-state index contributed by atoms with van der Waals surface area (Å²) in [5.74, 6) is -1.18. The van der Waals surface area contributed by atoms with E-state index in [1.165, 1.54) is 6.92 Å². The van der Waals surface area contributed by atoms with Gasteiger partial charge in [-0.1, -0.05) is 12.1 Å². The van der Waals surface area contributed by atoms with Gasteiger partial charge in [0.05, 0.1) is 18.2 Å². The number of carbonyl (C=O) groups excluding carboxylic acids is 4. The van der Waals surface area contributed by atoms with Gasteiger partial charge in [0.1, 0.15) is 5.78 Å². The molecule has 8 nitrogen and oxygen atoms in total. The molecule has 0 aliphatic carbocycles. The molecule has 1 spiro atoms. The van der Waals surface area contributed by atoms with E-state index >= 15 is 0 Å². The molecule has 28 heavy (non-hydrogen) atoms. The quantitative estimate of drug-likeness (QED) is 0.727. The van der Waals surface area contributed by atoms with E-state index in [1.54, 1.807) is 0 Å². The van der Waals surface area contributed by atoms with Crippen LogP contribution in [0.5, 0.6) is 0 Å². The maximum absolute atomic E-state index is 13.0. The second-order valence-electron chi connectivity index (χ2n) is 7.98. The summed E-state index contributed by atoms with van der Waals surface area (Å²) in [5.41, 5.74) is 1.11. The smallest absolute Gasteiger partial charge is 0.328 e. The lowest BCUT2D eigenvalue weighted by Crippen LogP contribution is -2.75. The number of rotatable bonds is 2. The number of fused-ring (bicyclic) bond motifs is 4. The molecule has 148 valence electrons. The largest absolute Gasteiger partial charge is 0.372 e. The first-order valence-electron chi connectivity index (χ1n) is 9.42. The molecule has 4 amide bonds. The van der Waals surface area contributed by atoms with Crippen LogP contribution in [0.15, 0.2) is 18.2 Å². The van der Waals surface area contributed by atoms with Gasteiger partial charge >= 0.3 is 6.03 Å². The van der Waals surface area contributed by atoms with E-state index in [1.807, 2.05) is 36.9 Å². The Kier molecular flexibility index (Phi) is 4.26. The van der Waals surface area contributed by atoms with Gasteiger partial charge in [-0.2, -0.15) is 0 Å². The van der Waals surface area contributed by atoms with Gasteiger partial charge < -0.3 is 9.64 Å². The summed E-state index contributed by atoms with van der Waals surface area (Å²) in [6.07, 6.45) is -0.0420. The minimum absolute atomic E-state index is 0.0377. The number of hydrogen-bond donors (Lipinski definition) is 2. The van der Waals surface area contributed by atoms with E-state index in [4.69, 9.17) is 4.74 Å². The molecule has 2 saturated heterocycles. The van der Waals surface area contributed by atoms with Crippen LogP contribution >= 0.6 is 0 Å². The van der Waals surface area contributed by atoms with Crippen LogP contribution in [0.1, 0.15) is 31.9 Å². The second kappa shape index (κ2) is 6.41. The summed E-state index contributed by atoms with van der Waals surface area (Å²) in [4.78, 5) is 51.3. The van der Waals surface area contributed by atoms with E-state index in [0.29, 0.717) is 6.54 Å². The van der Waals surface area contributed by atoms with Crippen molar-refractivity contribution in [3.63, 3.8) is 0 Å². The minimum atomic E-state index is -1.48. The number of anilines is 1. The standard InChI is InChI=1S/C20H23N3O5/c1-10(24)6-13-4-5-15-14(7-13)8-20(17(25)21-19(27)22-18(20)26)16-12(3)28-11(2)9-23(15)16/h4-5,7,11-12,16H,6,8-9H2,1-3H3,(H2,21,22,25,26,27)/t11-,12+,16-/m1/s1. The SMILES string of the molecule is CC(=O)Cc1ccc2c(c1)CC1(C(=O)NC(=O)NC1=O)[C@H]1[C@H](C)O[C@H](C)CN21. The molecule has 0 unspecified atom stereocenters. The number of barbiturate groups is 1. The van der Waals surface area contributed by atoms with Crippen LogP contribution in [-0.2, 0) is 32.0 Å². The number of morpholine rings is 1. The van der Waals surface area contributed by atoms with Crippen LogP contribution in [0.2, 0.25) is 0 Å². The Morgan fingerprint density at radius 2 is 1.89 bits per heavy atom. The Morgan fingerprint density at radius 3 is 2.54 bits per heavy atom. The molecule has 3 aliphatic heterocycles. The van der Waals surface area contributed by atoms with Gasteiger partial charge in [-0.3, -0.25) is 25.0 Å². The van der Waals surface area contributed by atoms with E-state index in [-0.39, 0.29) is 24.7 Å². The van der Waals surface area contributed by atoms with Crippen LogP contribution < -0.4 is 15.5 Å². The molecule has 1 aromatic rings. The highest BCUT2D eigenvalue weighted by molar-refractivity contribution is 6.20. The Morgan fingerprint density at radius 1 is 1.21 bits per heavy atom. The molecule has 1 aromatic carbocycles. The van der Waals surface area contributed by atoms with E-state index in [2.05, 4.69) is 10.6 Å². The molecule has 0 radical (unpaired) electrons. The first kappa shape index (κ1) is 18.6. The number of imide groups is 2. The van der Waals surface area contributed by atoms with Crippen LogP contribution in [0.25, 0.3) is 0 Å². The Bertz CT molecular complexity index is 876. The molecule has 3 aliphatic rings. The van der Waals surface area contributed by atoms with Crippen LogP contribution in [-0.4, -0.2) is 48.4 Å². The molecule has 4 rings (SSSR count). The number of urea groups is 1. The topological polar surface area (TPSA) is 105 Å². The van der Waals surface area contributed by atoms with Crippen LogP contribution in [0.3, 0.4) is 0 Å². The van der Waals surface area contributed by atoms with Crippen molar-refractivity contribution in [2.45, 2.75) is 51.9 Å². The zero-order valence-corrected chi connectivity index (χ0v) is 16.1. The molecular formula is C20H23N3O5. The molecule has 3 atom stereocenters. The molecule has 2 fully saturated rings. The summed E-state index contributed by atoms with van der Waals surface area (Å²) >= 11 is 0. The zero-order valence-electron chi connectivity index (χ0n) is 16.1. The maximum atomic E-state index is 13.0. The Hall–Kier alpha value is -2.74. The van der Waals surface area contributed by atoms with Gasteiger partial charge in [0, 0.05) is 18.7 Å². The Labute approximate surface area is 162 Å². The van der Waals surface area contributed by atoms with Gasteiger partial charge in [-0.25, -0.2) is 4.79 Å². The minimum Gasteiger partial charge on any atom is -0.372 e. The molecule has 8 heteroatoms. The average Bonchev–Trinajstić information content (AvgIpc) is 2.58. The van der Waals surface area contributed by atoms with Gasteiger partial charge in [0.2, 0.25) is 11.8 Å². The normalized spacial score (nSPS) is 28.3. The number of benzene rings is 1. The summed E-state index contributed by atoms with van der Waals surface area (Å²) in [5, 5.41) is 4.53. The third-order valence-electron chi connectivity index (χ3n) is 5.83. The molecular weight excluding hydrogens is 362 g/mol. The first-order valence-corrected chi connectivity index (χ1v) is 9.42. The monoisotopic (exact) mass is 385 g/mol. The van der Waals surface area contributed by atoms with Gasteiger partial charge in [0.25, 0.3) is 0 Å². The van der Waals surface area contributed by atoms with Gasteiger partial charge in [-0.15, -0.1) is 0 Å². The fourth-order valence-electron chi connectivity index (χ4n) is 4.90. The van der Waals surface area contributed by atoms with Gasteiger partial charge in [0.15, 0.2) is 5.41 Å². The fourth-order valence-corrected chi connectivity index (χ4v) is 4.90. The van der Waals surface area contributed by atoms with E-state index in [9.17, 15) is 19.2 Å². The van der Waals surface area contributed by atoms with Crippen molar-refractivity contribution in [2.75, 3.05) is 11.4 Å². The summed E-state index contributed by atoms with van der Waals surface area (Å²) < 4.78 is 5.97. The third kappa shape index (κ3) is 2.71. The number of ether oxygens (including phenoxy) is 1. The number of Topliss-reactive ketones (excluding diaryl/α,β-unsaturated/α-hetero) is 1. The van der Waals surface area contributed by atoms with Gasteiger partial charge in [-0.05, 0) is 44.4 Å². The first-order chi connectivity index (χ1) is 13.2. The lowest BCUT2D eigenvalue weighted by atomic mass is 9.66. The van der Waals surface area contributed by atoms with Crippen molar-refractivity contribution in [1.82, 2.24) is 10.6 Å². The van der Waals surface area contributed by atoms with E-state index < -0.39 is 35.4 Å². The molecule has 0 aromatic heterocycles. The van der Waals surface area contributed by atoms with Crippen LogP contribution in [0.4, 0.5) is 10.5 Å².